The number of rotatable bonds is 10. The predicted octanol–water partition coefficient (Wildman–Crippen LogP) is 2.25. The van der Waals surface area contributed by atoms with Gasteiger partial charge in [0, 0.05) is 6.04 Å². The molecular formula is C22H37NO8. The first-order valence-corrected chi connectivity index (χ1v) is 11.0. The van der Waals surface area contributed by atoms with Crippen molar-refractivity contribution in [2.24, 2.45) is 5.41 Å². The van der Waals surface area contributed by atoms with Crippen LogP contribution < -0.4 is 0 Å². The molecule has 0 radical (unpaired) electrons. The van der Waals surface area contributed by atoms with Crippen LogP contribution >= 0.6 is 0 Å². The van der Waals surface area contributed by atoms with Gasteiger partial charge in [-0.2, -0.15) is 0 Å². The third-order valence-corrected chi connectivity index (χ3v) is 5.21. The molecule has 31 heavy (non-hydrogen) atoms. The Labute approximate surface area is 184 Å². The quantitative estimate of drug-likeness (QED) is 0.285. The summed E-state index contributed by atoms with van der Waals surface area (Å²) in [5, 5.41) is 0. The Kier molecular flexibility index (Phi) is 9.93. The van der Waals surface area contributed by atoms with E-state index in [1.165, 1.54) is 0 Å². The normalized spacial score (nSPS) is 19.6. The van der Waals surface area contributed by atoms with Gasteiger partial charge < -0.3 is 18.9 Å². The highest BCUT2D eigenvalue weighted by Gasteiger charge is 2.59. The van der Waals surface area contributed by atoms with E-state index >= 15 is 0 Å². The molecule has 0 aromatic rings. The standard InChI is InChI=1S/C22H37NO8/c1-8-22(19(26)29-10-3,20(27)30-11-4)16-13-12-15(18(25)28-9-2)23(16)14-17(24)31-21(5,6)7/h15-16H,8-14H2,1-7H3/t15-,16?/m0/s1. The van der Waals surface area contributed by atoms with Crippen LogP contribution in [-0.4, -0.2) is 72.8 Å². The highest BCUT2D eigenvalue weighted by Crippen LogP contribution is 2.42. The fraction of sp³-hybridized carbons (Fsp3) is 0.818. The van der Waals surface area contributed by atoms with Crippen LogP contribution in [0.1, 0.15) is 67.7 Å². The lowest BCUT2D eigenvalue weighted by atomic mass is 9.76. The van der Waals surface area contributed by atoms with E-state index in [0.29, 0.717) is 12.8 Å². The molecule has 1 saturated heterocycles. The van der Waals surface area contributed by atoms with Gasteiger partial charge in [-0.05, 0) is 60.8 Å². The largest absolute Gasteiger partial charge is 0.465 e. The van der Waals surface area contributed by atoms with Crippen molar-refractivity contribution in [2.75, 3.05) is 26.4 Å². The van der Waals surface area contributed by atoms with Gasteiger partial charge in [0.05, 0.1) is 26.4 Å². The molecule has 0 amide bonds. The molecule has 0 bridgehead atoms. The summed E-state index contributed by atoms with van der Waals surface area (Å²) in [5.74, 6) is -2.52. The Bertz CT molecular complexity index is 636. The maximum atomic E-state index is 13.1. The molecule has 0 aromatic carbocycles. The highest BCUT2D eigenvalue weighted by molar-refractivity contribution is 6.01. The second kappa shape index (κ2) is 11.5. The van der Waals surface area contributed by atoms with Crippen molar-refractivity contribution in [2.45, 2.75) is 85.4 Å². The van der Waals surface area contributed by atoms with E-state index in [0.717, 1.165) is 0 Å². The fourth-order valence-electron chi connectivity index (χ4n) is 4.03. The first-order chi connectivity index (χ1) is 14.5. The zero-order valence-electron chi connectivity index (χ0n) is 19.8. The molecule has 0 saturated carbocycles. The fourth-order valence-corrected chi connectivity index (χ4v) is 4.03. The van der Waals surface area contributed by atoms with E-state index in [-0.39, 0.29) is 32.8 Å². The van der Waals surface area contributed by atoms with Gasteiger partial charge in [0.2, 0.25) is 0 Å². The number of nitrogens with zero attached hydrogens (tertiary/aromatic N) is 1. The molecule has 9 nitrogen and oxygen atoms in total. The van der Waals surface area contributed by atoms with Crippen LogP contribution in [0, 0.1) is 5.41 Å². The summed E-state index contributed by atoms with van der Waals surface area (Å²) in [5.41, 5.74) is -2.40. The second-order valence-electron chi connectivity index (χ2n) is 8.39. The minimum atomic E-state index is -1.67. The van der Waals surface area contributed by atoms with E-state index in [4.69, 9.17) is 18.9 Å². The maximum Gasteiger partial charge on any atom is 0.325 e. The summed E-state index contributed by atoms with van der Waals surface area (Å²) in [6, 6.07) is -1.57. The van der Waals surface area contributed by atoms with Crippen LogP contribution in [0.25, 0.3) is 0 Å². The van der Waals surface area contributed by atoms with Gasteiger partial charge in [-0.25, -0.2) is 0 Å². The van der Waals surface area contributed by atoms with Crippen molar-refractivity contribution < 1.29 is 38.1 Å². The Morgan fingerprint density at radius 1 is 0.839 bits per heavy atom. The Balaban J connectivity index is 3.44. The molecule has 9 heteroatoms. The van der Waals surface area contributed by atoms with Gasteiger partial charge in [-0.3, -0.25) is 24.1 Å². The Morgan fingerprint density at radius 3 is 1.77 bits per heavy atom. The molecule has 0 spiro atoms. The smallest absolute Gasteiger partial charge is 0.325 e. The number of carbonyl (C=O) groups is 4. The summed E-state index contributed by atoms with van der Waals surface area (Å²) in [7, 11) is 0. The number of likely N-dealkylation sites (tertiary alicyclic amines) is 1. The Hall–Kier alpha value is -2.16. The monoisotopic (exact) mass is 443 g/mol. The lowest BCUT2D eigenvalue weighted by Gasteiger charge is -2.39. The van der Waals surface area contributed by atoms with Crippen molar-refractivity contribution >= 4 is 23.9 Å². The summed E-state index contributed by atoms with van der Waals surface area (Å²) in [6.45, 7) is 12.0. The van der Waals surface area contributed by atoms with Crippen molar-refractivity contribution in [3.05, 3.63) is 0 Å². The predicted molar refractivity (Wildman–Crippen MR) is 112 cm³/mol. The average molecular weight is 444 g/mol. The molecule has 1 aliphatic rings. The molecule has 1 aliphatic heterocycles. The molecule has 0 N–H and O–H groups in total. The van der Waals surface area contributed by atoms with Crippen LogP contribution in [0.5, 0.6) is 0 Å². The lowest BCUT2D eigenvalue weighted by Crippen LogP contribution is -2.58. The summed E-state index contributed by atoms with van der Waals surface area (Å²) in [6.07, 6.45) is 0.736. The van der Waals surface area contributed by atoms with Gasteiger partial charge in [-0.15, -0.1) is 0 Å². The SMILES string of the molecule is CCOC(=O)[C@@H]1CCC(C(CC)(C(=O)OCC)C(=O)OCC)N1CC(=O)OC(C)(C)C. The third-order valence-electron chi connectivity index (χ3n) is 5.21. The van der Waals surface area contributed by atoms with E-state index in [1.54, 1.807) is 53.4 Å². The minimum Gasteiger partial charge on any atom is -0.465 e. The van der Waals surface area contributed by atoms with Gasteiger partial charge in [0.15, 0.2) is 5.41 Å². The molecule has 1 unspecified atom stereocenters. The van der Waals surface area contributed by atoms with Gasteiger partial charge in [-0.1, -0.05) is 6.92 Å². The molecule has 1 heterocycles. The summed E-state index contributed by atoms with van der Waals surface area (Å²) < 4.78 is 21.1. The van der Waals surface area contributed by atoms with Crippen molar-refractivity contribution in [3.63, 3.8) is 0 Å². The molecule has 0 aromatic heterocycles. The second-order valence-corrected chi connectivity index (χ2v) is 8.39. The number of carbonyl (C=O) groups excluding carboxylic acids is 4. The number of esters is 4. The van der Waals surface area contributed by atoms with Gasteiger partial charge in [0.1, 0.15) is 11.6 Å². The van der Waals surface area contributed by atoms with Crippen molar-refractivity contribution in [1.29, 1.82) is 0 Å². The summed E-state index contributed by atoms with van der Waals surface area (Å²) in [4.78, 5) is 53.0. The number of ether oxygens (including phenoxy) is 4. The van der Waals surface area contributed by atoms with Crippen LogP contribution in [0.15, 0.2) is 0 Å². The van der Waals surface area contributed by atoms with Gasteiger partial charge >= 0.3 is 23.9 Å². The minimum absolute atomic E-state index is 0.0834. The van der Waals surface area contributed by atoms with Crippen LogP contribution in [-0.2, 0) is 38.1 Å². The first-order valence-electron chi connectivity index (χ1n) is 11.0. The highest BCUT2D eigenvalue weighted by atomic mass is 16.6. The Morgan fingerprint density at radius 2 is 1.35 bits per heavy atom. The van der Waals surface area contributed by atoms with Crippen LogP contribution in [0.3, 0.4) is 0 Å². The zero-order valence-corrected chi connectivity index (χ0v) is 19.8. The zero-order chi connectivity index (χ0) is 23.8. The maximum absolute atomic E-state index is 13.1. The average Bonchev–Trinajstić information content (AvgIpc) is 3.06. The van der Waals surface area contributed by atoms with E-state index in [2.05, 4.69) is 0 Å². The van der Waals surface area contributed by atoms with E-state index < -0.39 is 47.0 Å². The molecule has 1 rings (SSSR count). The summed E-state index contributed by atoms with van der Waals surface area (Å²) >= 11 is 0. The van der Waals surface area contributed by atoms with Crippen molar-refractivity contribution in [3.8, 4) is 0 Å². The molecule has 2 atom stereocenters. The number of hydrogen-bond donors (Lipinski definition) is 0. The lowest BCUT2D eigenvalue weighted by molar-refractivity contribution is -0.181. The van der Waals surface area contributed by atoms with Crippen LogP contribution in [0.2, 0.25) is 0 Å². The molecule has 178 valence electrons. The third kappa shape index (κ3) is 6.41. The van der Waals surface area contributed by atoms with E-state index in [9.17, 15) is 19.2 Å². The van der Waals surface area contributed by atoms with Gasteiger partial charge in [0.25, 0.3) is 0 Å². The number of hydrogen-bond acceptors (Lipinski definition) is 9. The van der Waals surface area contributed by atoms with E-state index in [1.807, 2.05) is 0 Å². The molecular weight excluding hydrogens is 406 g/mol. The van der Waals surface area contributed by atoms with Crippen molar-refractivity contribution in [1.82, 2.24) is 4.90 Å². The molecule has 1 fully saturated rings. The van der Waals surface area contributed by atoms with Crippen LogP contribution in [0.4, 0.5) is 0 Å². The molecule has 0 aliphatic carbocycles. The first kappa shape index (κ1) is 26.9. The topological polar surface area (TPSA) is 108 Å².